The van der Waals surface area contributed by atoms with Gasteiger partial charge in [0.2, 0.25) is 5.91 Å². The van der Waals surface area contributed by atoms with Crippen LogP contribution >= 0.6 is 0 Å². The van der Waals surface area contributed by atoms with Crippen LogP contribution < -0.4 is 5.32 Å². The first-order chi connectivity index (χ1) is 32.8. The maximum atomic E-state index is 12.8. The fraction of sp³-hybridized carbons (Fsp3) is 0.948. The number of carbonyl (C=O) groups is 1. The number of carbonyl (C=O) groups excluding carboxylic acids is 1. The smallest absolute Gasteiger partial charge is 0.220 e. The second-order valence-corrected chi connectivity index (χ2v) is 20.8. The molecule has 6 N–H and O–H groups in total. The van der Waals surface area contributed by atoms with Gasteiger partial charge >= 0.3 is 0 Å². The van der Waals surface area contributed by atoms with Crippen LogP contribution in [0.2, 0.25) is 0 Å². The molecule has 0 aromatic rings. The Morgan fingerprint density at radius 3 is 1.21 bits per heavy atom. The fourth-order valence-corrected chi connectivity index (χ4v) is 9.69. The van der Waals surface area contributed by atoms with Crippen LogP contribution in [0.4, 0.5) is 0 Å². The van der Waals surface area contributed by atoms with Gasteiger partial charge in [-0.15, -0.1) is 0 Å². The van der Waals surface area contributed by atoms with E-state index >= 15 is 0 Å². The van der Waals surface area contributed by atoms with E-state index in [2.05, 4.69) is 31.3 Å². The van der Waals surface area contributed by atoms with Crippen molar-refractivity contribution < 1.29 is 39.8 Å². The first-order valence-corrected chi connectivity index (χ1v) is 29.4. The number of aliphatic hydroxyl groups excluding tert-OH is 5. The molecule has 1 rings (SSSR count). The highest BCUT2D eigenvalue weighted by molar-refractivity contribution is 5.76. The predicted octanol–water partition coefficient (Wildman–Crippen LogP) is 14.4. The van der Waals surface area contributed by atoms with Gasteiger partial charge in [0, 0.05) is 6.42 Å². The van der Waals surface area contributed by atoms with Gasteiger partial charge in [0.1, 0.15) is 24.4 Å². The molecule has 9 heteroatoms. The van der Waals surface area contributed by atoms with Gasteiger partial charge in [-0.2, -0.15) is 0 Å². The van der Waals surface area contributed by atoms with E-state index in [1.807, 2.05) is 0 Å². The number of allylic oxidation sites excluding steroid dienone is 2. The van der Waals surface area contributed by atoms with E-state index in [-0.39, 0.29) is 12.5 Å². The zero-order valence-corrected chi connectivity index (χ0v) is 44.2. The van der Waals surface area contributed by atoms with Crippen LogP contribution in [0.15, 0.2) is 12.2 Å². The Hall–Kier alpha value is -1.07. The normalized spacial score (nSPS) is 19.7. The van der Waals surface area contributed by atoms with Gasteiger partial charge in [-0.25, -0.2) is 0 Å². The Kier molecular flexibility index (Phi) is 46.3. The zero-order valence-electron chi connectivity index (χ0n) is 44.2. The summed E-state index contributed by atoms with van der Waals surface area (Å²) >= 11 is 0. The molecule has 1 aliphatic heterocycles. The molecule has 0 saturated carbocycles. The fourth-order valence-electron chi connectivity index (χ4n) is 9.69. The van der Waals surface area contributed by atoms with Crippen molar-refractivity contribution in [1.82, 2.24) is 5.32 Å². The van der Waals surface area contributed by atoms with Crippen molar-refractivity contribution >= 4 is 5.91 Å². The lowest BCUT2D eigenvalue weighted by Gasteiger charge is -2.40. The van der Waals surface area contributed by atoms with Crippen molar-refractivity contribution in [3.05, 3.63) is 12.2 Å². The van der Waals surface area contributed by atoms with E-state index < -0.39 is 49.5 Å². The molecule has 0 aliphatic carbocycles. The number of rotatable bonds is 51. The molecule has 67 heavy (non-hydrogen) atoms. The Morgan fingerprint density at radius 1 is 0.493 bits per heavy atom. The summed E-state index contributed by atoms with van der Waals surface area (Å²) in [6, 6.07) is -0.710. The van der Waals surface area contributed by atoms with Crippen LogP contribution in [0.5, 0.6) is 0 Å². The number of hydrogen-bond donors (Lipinski definition) is 6. The van der Waals surface area contributed by atoms with Gasteiger partial charge in [-0.3, -0.25) is 4.79 Å². The lowest BCUT2D eigenvalue weighted by atomic mass is 9.99. The van der Waals surface area contributed by atoms with Crippen molar-refractivity contribution in [3.8, 4) is 0 Å². The number of amides is 1. The molecular weight excluding hydrogens is 839 g/mol. The maximum absolute atomic E-state index is 12.8. The minimum absolute atomic E-state index is 0.138. The summed E-state index contributed by atoms with van der Waals surface area (Å²) in [5, 5.41) is 53.7. The van der Waals surface area contributed by atoms with Crippen LogP contribution in [0, 0.1) is 0 Å². The SMILES string of the molecule is CCCCCCCCCC/C=C\CCCCCCCCCCCCCCCCCCCCCCCCCCCCCCCC(=O)NC(COC1OC(CO)C(O)C(O)C1O)C(O)CCCCC. The van der Waals surface area contributed by atoms with Crippen molar-refractivity contribution in [1.29, 1.82) is 0 Å². The van der Waals surface area contributed by atoms with E-state index in [9.17, 15) is 30.3 Å². The molecule has 0 spiro atoms. The van der Waals surface area contributed by atoms with Crippen molar-refractivity contribution in [3.63, 3.8) is 0 Å². The molecule has 1 heterocycles. The largest absolute Gasteiger partial charge is 0.394 e. The van der Waals surface area contributed by atoms with E-state index in [4.69, 9.17) is 9.47 Å². The quantitative estimate of drug-likeness (QED) is 0.0261. The van der Waals surface area contributed by atoms with Crippen LogP contribution in [-0.2, 0) is 14.3 Å². The molecule has 9 nitrogen and oxygen atoms in total. The standard InChI is InChI=1S/C58H113NO8/c1-3-5-7-8-9-10-11-12-13-14-15-16-17-18-19-20-21-22-23-24-25-26-27-28-29-30-31-32-33-34-35-36-37-38-39-40-41-42-43-44-46-48-54(62)59-51(52(61)47-45-6-4-2)50-66-58-57(65)56(64)55(63)53(49-60)67-58/h14-15,51-53,55-58,60-61,63-65H,3-13,16-50H2,1-2H3,(H,59,62)/b15-14-. The van der Waals surface area contributed by atoms with E-state index in [0.29, 0.717) is 12.8 Å². The average Bonchev–Trinajstić information content (AvgIpc) is 3.33. The third-order valence-electron chi connectivity index (χ3n) is 14.4. The van der Waals surface area contributed by atoms with Gasteiger partial charge in [0.15, 0.2) is 6.29 Å². The first kappa shape index (κ1) is 63.9. The van der Waals surface area contributed by atoms with Crippen LogP contribution in [-0.4, -0.2) is 87.5 Å². The molecule has 0 aromatic heterocycles. The lowest BCUT2D eigenvalue weighted by Crippen LogP contribution is -2.60. The highest BCUT2D eigenvalue weighted by atomic mass is 16.7. The summed E-state index contributed by atoms with van der Waals surface area (Å²) in [4.78, 5) is 12.8. The second kappa shape index (κ2) is 48.6. The van der Waals surface area contributed by atoms with Crippen molar-refractivity contribution in [2.45, 2.75) is 339 Å². The highest BCUT2D eigenvalue weighted by Gasteiger charge is 2.44. The third kappa shape index (κ3) is 38.3. The van der Waals surface area contributed by atoms with Crippen molar-refractivity contribution in [2.75, 3.05) is 13.2 Å². The Morgan fingerprint density at radius 2 is 0.836 bits per heavy atom. The van der Waals surface area contributed by atoms with E-state index in [0.717, 1.165) is 38.5 Å². The Bertz CT molecular complexity index is 1060. The van der Waals surface area contributed by atoms with Gasteiger partial charge in [-0.1, -0.05) is 264 Å². The van der Waals surface area contributed by atoms with E-state index in [1.54, 1.807) is 0 Å². The second-order valence-electron chi connectivity index (χ2n) is 20.8. The minimum Gasteiger partial charge on any atom is -0.394 e. The summed E-state index contributed by atoms with van der Waals surface area (Å²) in [6.07, 6.45) is 54.0. The highest BCUT2D eigenvalue weighted by Crippen LogP contribution is 2.23. The molecule has 0 radical (unpaired) electrons. The molecule has 1 amide bonds. The monoisotopic (exact) mass is 952 g/mol. The van der Waals surface area contributed by atoms with Gasteiger partial charge < -0.3 is 40.3 Å². The van der Waals surface area contributed by atoms with Gasteiger partial charge in [0.05, 0.1) is 25.4 Å². The molecule has 7 unspecified atom stereocenters. The summed E-state index contributed by atoms with van der Waals surface area (Å²) in [7, 11) is 0. The average molecular weight is 953 g/mol. The number of ether oxygens (including phenoxy) is 2. The number of aliphatic hydroxyl groups is 5. The minimum atomic E-state index is -1.55. The van der Waals surface area contributed by atoms with Crippen molar-refractivity contribution in [2.24, 2.45) is 0 Å². The van der Waals surface area contributed by atoms with Crippen LogP contribution in [0.1, 0.15) is 296 Å². The van der Waals surface area contributed by atoms with Crippen LogP contribution in [0.25, 0.3) is 0 Å². The predicted molar refractivity (Wildman–Crippen MR) is 281 cm³/mol. The topological polar surface area (TPSA) is 149 Å². The Labute approximate surface area is 414 Å². The molecule has 7 atom stereocenters. The molecule has 0 bridgehead atoms. The summed E-state index contributed by atoms with van der Waals surface area (Å²) < 4.78 is 11.1. The molecule has 0 aromatic carbocycles. The summed E-state index contributed by atoms with van der Waals surface area (Å²) in [5.41, 5.74) is 0. The number of hydrogen-bond acceptors (Lipinski definition) is 8. The molecule has 1 aliphatic rings. The molecule has 1 fully saturated rings. The van der Waals surface area contributed by atoms with Gasteiger partial charge in [0.25, 0.3) is 0 Å². The number of nitrogens with one attached hydrogen (secondary N) is 1. The Balaban J connectivity index is 1.85. The number of unbranched alkanes of at least 4 members (excludes halogenated alkanes) is 39. The van der Waals surface area contributed by atoms with Crippen LogP contribution in [0.3, 0.4) is 0 Å². The zero-order chi connectivity index (χ0) is 48.7. The summed E-state index contributed by atoms with van der Waals surface area (Å²) in [6.45, 7) is 3.69. The van der Waals surface area contributed by atoms with Gasteiger partial charge in [-0.05, 0) is 38.5 Å². The molecule has 398 valence electrons. The summed E-state index contributed by atoms with van der Waals surface area (Å²) in [5.74, 6) is -0.150. The molecular formula is C58H113NO8. The molecule has 1 saturated heterocycles. The first-order valence-electron chi connectivity index (χ1n) is 29.4. The van der Waals surface area contributed by atoms with E-state index in [1.165, 1.54) is 231 Å². The maximum Gasteiger partial charge on any atom is 0.220 e. The lowest BCUT2D eigenvalue weighted by molar-refractivity contribution is -0.302. The third-order valence-corrected chi connectivity index (χ3v) is 14.4.